The van der Waals surface area contributed by atoms with Crippen LogP contribution in [-0.4, -0.2) is 26.4 Å². The van der Waals surface area contributed by atoms with Crippen molar-refractivity contribution in [1.82, 2.24) is 0 Å². The van der Waals surface area contributed by atoms with Gasteiger partial charge in [-0.1, -0.05) is 12.1 Å². The summed E-state index contributed by atoms with van der Waals surface area (Å²) in [6, 6.07) is 11.2. The van der Waals surface area contributed by atoms with Gasteiger partial charge in [0.1, 0.15) is 11.5 Å². The molecule has 4 heteroatoms. The standard InChI is InChI=1S/C17H16O4/c1-19-12-6-11-5-4-10-7-15(20-2)16(21-3)9-13(10)17(11)14(18)8-12/h4-9,18H,1-3H3. The zero-order valence-corrected chi connectivity index (χ0v) is 12.1. The van der Waals surface area contributed by atoms with Crippen molar-refractivity contribution in [3.63, 3.8) is 0 Å². The summed E-state index contributed by atoms with van der Waals surface area (Å²) < 4.78 is 15.9. The first-order valence-electron chi connectivity index (χ1n) is 6.53. The molecule has 1 N–H and O–H groups in total. The highest BCUT2D eigenvalue weighted by Gasteiger charge is 2.12. The van der Waals surface area contributed by atoms with Gasteiger partial charge in [-0.2, -0.15) is 0 Å². The normalized spacial score (nSPS) is 10.8. The number of benzene rings is 3. The minimum absolute atomic E-state index is 0.183. The number of ether oxygens (including phenoxy) is 3. The maximum Gasteiger partial charge on any atom is 0.161 e. The largest absolute Gasteiger partial charge is 0.507 e. The first-order chi connectivity index (χ1) is 10.2. The topological polar surface area (TPSA) is 47.9 Å². The molecule has 4 nitrogen and oxygen atoms in total. The summed E-state index contributed by atoms with van der Waals surface area (Å²) in [7, 11) is 4.78. The predicted molar refractivity (Wildman–Crippen MR) is 82.8 cm³/mol. The number of hydrogen-bond acceptors (Lipinski definition) is 4. The van der Waals surface area contributed by atoms with Crippen LogP contribution in [0.15, 0.2) is 36.4 Å². The van der Waals surface area contributed by atoms with Gasteiger partial charge in [0.05, 0.1) is 21.3 Å². The SMILES string of the molecule is COc1cc(O)c2c(ccc3cc(OC)c(OC)cc32)c1. The van der Waals surface area contributed by atoms with Gasteiger partial charge in [0.2, 0.25) is 0 Å². The first kappa shape index (κ1) is 13.4. The first-order valence-corrected chi connectivity index (χ1v) is 6.53. The average Bonchev–Trinajstić information content (AvgIpc) is 2.52. The van der Waals surface area contributed by atoms with E-state index in [1.165, 1.54) is 0 Å². The van der Waals surface area contributed by atoms with Gasteiger partial charge >= 0.3 is 0 Å². The predicted octanol–water partition coefficient (Wildman–Crippen LogP) is 3.72. The van der Waals surface area contributed by atoms with E-state index in [9.17, 15) is 5.11 Å². The molecule has 3 rings (SSSR count). The van der Waals surface area contributed by atoms with Crippen LogP contribution in [0.4, 0.5) is 0 Å². The summed E-state index contributed by atoms with van der Waals surface area (Å²) >= 11 is 0. The lowest BCUT2D eigenvalue weighted by Gasteiger charge is -2.12. The van der Waals surface area contributed by atoms with Crippen LogP contribution in [0.5, 0.6) is 23.0 Å². The van der Waals surface area contributed by atoms with Crippen LogP contribution in [0, 0.1) is 0 Å². The second-order valence-electron chi connectivity index (χ2n) is 4.74. The Labute approximate surface area is 122 Å². The molecular weight excluding hydrogens is 268 g/mol. The van der Waals surface area contributed by atoms with Crippen LogP contribution in [0.1, 0.15) is 0 Å². The van der Waals surface area contributed by atoms with E-state index in [2.05, 4.69) is 0 Å². The number of hydrogen-bond donors (Lipinski definition) is 1. The van der Waals surface area contributed by atoms with E-state index >= 15 is 0 Å². The molecule has 0 fully saturated rings. The molecule has 0 aliphatic heterocycles. The highest BCUT2D eigenvalue weighted by Crippen LogP contribution is 2.40. The van der Waals surface area contributed by atoms with Crippen molar-refractivity contribution in [2.45, 2.75) is 0 Å². The third-order valence-electron chi connectivity index (χ3n) is 3.62. The van der Waals surface area contributed by atoms with Crippen LogP contribution in [-0.2, 0) is 0 Å². The molecule has 0 aliphatic rings. The monoisotopic (exact) mass is 284 g/mol. The van der Waals surface area contributed by atoms with E-state index in [1.54, 1.807) is 27.4 Å². The van der Waals surface area contributed by atoms with Crippen molar-refractivity contribution in [3.05, 3.63) is 36.4 Å². The van der Waals surface area contributed by atoms with Crippen molar-refractivity contribution in [3.8, 4) is 23.0 Å². The number of phenols is 1. The van der Waals surface area contributed by atoms with E-state index in [0.717, 1.165) is 21.5 Å². The van der Waals surface area contributed by atoms with E-state index in [4.69, 9.17) is 14.2 Å². The van der Waals surface area contributed by atoms with Gasteiger partial charge in [-0.3, -0.25) is 0 Å². The molecule has 0 atom stereocenters. The summed E-state index contributed by atoms with van der Waals surface area (Å²) in [4.78, 5) is 0. The van der Waals surface area contributed by atoms with E-state index < -0.39 is 0 Å². The zero-order valence-electron chi connectivity index (χ0n) is 12.1. The molecule has 108 valence electrons. The third-order valence-corrected chi connectivity index (χ3v) is 3.62. The molecular formula is C17H16O4. The zero-order chi connectivity index (χ0) is 15.0. The minimum atomic E-state index is 0.183. The smallest absolute Gasteiger partial charge is 0.161 e. The average molecular weight is 284 g/mol. The molecule has 0 radical (unpaired) electrons. The van der Waals surface area contributed by atoms with Crippen LogP contribution in [0.25, 0.3) is 21.5 Å². The Morgan fingerprint density at radius 1 is 0.762 bits per heavy atom. The third kappa shape index (κ3) is 2.09. The number of methoxy groups -OCH3 is 3. The highest BCUT2D eigenvalue weighted by molar-refractivity contribution is 6.11. The van der Waals surface area contributed by atoms with E-state index in [0.29, 0.717) is 17.2 Å². The van der Waals surface area contributed by atoms with Crippen molar-refractivity contribution in [1.29, 1.82) is 0 Å². The molecule has 3 aromatic carbocycles. The van der Waals surface area contributed by atoms with Crippen molar-refractivity contribution in [2.75, 3.05) is 21.3 Å². The Kier molecular flexibility index (Phi) is 3.22. The number of rotatable bonds is 3. The van der Waals surface area contributed by atoms with Crippen molar-refractivity contribution >= 4 is 21.5 Å². The Hall–Kier alpha value is -2.62. The lowest BCUT2D eigenvalue weighted by molar-refractivity contribution is 0.356. The van der Waals surface area contributed by atoms with Gasteiger partial charge in [0.15, 0.2) is 11.5 Å². The van der Waals surface area contributed by atoms with Gasteiger partial charge in [-0.05, 0) is 34.4 Å². The molecule has 0 aliphatic carbocycles. The lowest BCUT2D eigenvalue weighted by Crippen LogP contribution is -1.91. The second-order valence-corrected chi connectivity index (χ2v) is 4.74. The molecule has 0 saturated carbocycles. The molecule has 0 aromatic heterocycles. The van der Waals surface area contributed by atoms with Crippen molar-refractivity contribution < 1.29 is 19.3 Å². The summed E-state index contributed by atoms with van der Waals surface area (Å²) in [5.41, 5.74) is 0. The van der Waals surface area contributed by atoms with Gasteiger partial charge < -0.3 is 19.3 Å². The molecule has 0 saturated heterocycles. The summed E-state index contributed by atoms with van der Waals surface area (Å²) in [5.74, 6) is 2.10. The number of phenolic OH excluding ortho intramolecular Hbond substituents is 1. The summed E-state index contributed by atoms with van der Waals surface area (Å²) in [6.07, 6.45) is 0. The van der Waals surface area contributed by atoms with E-state index in [-0.39, 0.29) is 5.75 Å². The number of fused-ring (bicyclic) bond motifs is 3. The van der Waals surface area contributed by atoms with Crippen LogP contribution < -0.4 is 14.2 Å². The fourth-order valence-corrected chi connectivity index (χ4v) is 2.59. The Balaban J connectivity index is 2.42. The van der Waals surface area contributed by atoms with Gasteiger partial charge in [-0.25, -0.2) is 0 Å². The summed E-state index contributed by atoms with van der Waals surface area (Å²) in [6.45, 7) is 0. The lowest BCUT2D eigenvalue weighted by atomic mass is 10.00. The highest BCUT2D eigenvalue weighted by atomic mass is 16.5. The van der Waals surface area contributed by atoms with Gasteiger partial charge in [0.25, 0.3) is 0 Å². The van der Waals surface area contributed by atoms with Gasteiger partial charge in [0, 0.05) is 11.5 Å². The Morgan fingerprint density at radius 3 is 2.10 bits per heavy atom. The molecule has 0 bridgehead atoms. The van der Waals surface area contributed by atoms with Gasteiger partial charge in [-0.15, -0.1) is 0 Å². The Bertz CT molecular complexity index is 824. The molecule has 0 amide bonds. The minimum Gasteiger partial charge on any atom is -0.507 e. The Morgan fingerprint density at radius 2 is 1.43 bits per heavy atom. The fourth-order valence-electron chi connectivity index (χ4n) is 2.59. The number of aromatic hydroxyl groups is 1. The van der Waals surface area contributed by atoms with E-state index in [1.807, 2.05) is 30.3 Å². The van der Waals surface area contributed by atoms with Crippen LogP contribution in [0.2, 0.25) is 0 Å². The van der Waals surface area contributed by atoms with Crippen molar-refractivity contribution in [2.24, 2.45) is 0 Å². The van der Waals surface area contributed by atoms with Crippen LogP contribution >= 0.6 is 0 Å². The molecule has 0 spiro atoms. The summed E-state index contributed by atoms with van der Waals surface area (Å²) in [5, 5.41) is 13.9. The fraction of sp³-hybridized carbons (Fsp3) is 0.176. The second kappa shape index (κ2) is 5.05. The quantitative estimate of drug-likeness (QED) is 0.745. The van der Waals surface area contributed by atoms with Crippen LogP contribution in [0.3, 0.4) is 0 Å². The molecule has 21 heavy (non-hydrogen) atoms. The molecule has 0 heterocycles. The molecule has 0 unspecified atom stereocenters. The maximum atomic E-state index is 10.3. The molecule has 3 aromatic rings. The maximum absolute atomic E-state index is 10.3.